The Hall–Kier alpha value is -1.93. The summed E-state index contributed by atoms with van der Waals surface area (Å²) < 4.78 is 26.4. The van der Waals surface area contributed by atoms with Gasteiger partial charge in [-0.15, -0.1) is 0 Å². The molecule has 7 nitrogen and oxygen atoms in total. The number of carbonyl (C=O) groups excluding carboxylic acids is 2. The van der Waals surface area contributed by atoms with Crippen molar-refractivity contribution in [3.63, 3.8) is 0 Å². The standard InChI is InChI=1S/C18H27N3O4S/c1-14(2)13-20-18(23)17(22)19-10-9-15-5-7-16(8-6-15)26(24,25)21-11-3-4-12-21/h5-8,14H,3-4,9-13H2,1-2H3,(H,19,22)(H,20,23). The molecule has 0 aromatic heterocycles. The fourth-order valence-electron chi connectivity index (χ4n) is 2.68. The summed E-state index contributed by atoms with van der Waals surface area (Å²) in [6.07, 6.45) is 2.33. The molecule has 2 N–H and O–H groups in total. The monoisotopic (exact) mass is 381 g/mol. The van der Waals surface area contributed by atoms with Crippen molar-refractivity contribution in [2.24, 2.45) is 5.92 Å². The lowest BCUT2D eigenvalue weighted by atomic mass is 10.1. The second-order valence-corrected chi connectivity index (χ2v) is 8.80. The number of rotatable bonds is 7. The van der Waals surface area contributed by atoms with Crippen LogP contribution >= 0.6 is 0 Å². The van der Waals surface area contributed by atoms with E-state index in [0.29, 0.717) is 37.5 Å². The SMILES string of the molecule is CC(C)CNC(=O)C(=O)NCCc1ccc(S(=O)(=O)N2CCCC2)cc1. The smallest absolute Gasteiger partial charge is 0.309 e. The summed E-state index contributed by atoms with van der Waals surface area (Å²) in [7, 11) is -3.40. The van der Waals surface area contributed by atoms with Crippen LogP contribution in [0.2, 0.25) is 0 Å². The molecule has 1 aliphatic heterocycles. The molecule has 1 fully saturated rings. The highest BCUT2D eigenvalue weighted by Gasteiger charge is 2.26. The Kier molecular flexibility index (Phi) is 7.16. The summed E-state index contributed by atoms with van der Waals surface area (Å²) in [5, 5.41) is 5.13. The average molecular weight is 381 g/mol. The predicted molar refractivity (Wildman–Crippen MR) is 99.0 cm³/mol. The highest BCUT2D eigenvalue weighted by atomic mass is 32.2. The summed E-state index contributed by atoms with van der Waals surface area (Å²) >= 11 is 0. The van der Waals surface area contributed by atoms with E-state index in [-0.39, 0.29) is 5.92 Å². The van der Waals surface area contributed by atoms with E-state index in [0.717, 1.165) is 18.4 Å². The number of hydrogen-bond donors (Lipinski definition) is 2. The van der Waals surface area contributed by atoms with Crippen LogP contribution in [0, 0.1) is 5.92 Å². The van der Waals surface area contributed by atoms with Gasteiger partial charge in [-0.1, -0.05) is 26.0 Å². The quantitative estimate of drug-likeness (QED) is 0.686. The van der Waals surface area contributed by atoms with Crippen LogP contribution in [-0.4, -0.2) is 50.7 Å². The molecule has 2 rings (SSSR count). The minimum Gasteiger partial charge on any atom is -0.348 e. The van der Waals surface area contributed by atoms with Gasteiger partial charge in [-0.25, -0.2) is 8.42 Å². The lowest BCUT2D eigenvalue weighted by Gasteiger charge is -2.15. The first-order valence-corrected chi connectivity index (χ1v) is 10.4. The zero-order chi connectivity index (χ0) is 19.2. The lowest BCUT2D eigenvalue weighted by molar-refractivity contribution is -0.139. The van der Waals surface area contributed by atoms with Gasteiger partial charge < -0.3 is 10.6 Å². The summed E-state index contributed by atoms with van der Waals surface area (Å²) in [6, 6.07) is 6.68. The maximum absolute atomic E-state index is 12.5. The molecule has 2 amide bonds. The van der Waals surface area contributed by atoms with Crippen molar-refractivity contribution < 1.29 is 18.0 Å². The maximum Gasteiger partial charge on any atom is 0.309 e. The molecular formula is C18H27N3O4S. The van der Waals surface area contributed by atoms with E-state index in [1.54, 1.807) is 24.3 Å². The maximum atomic E-state index is 12.5. The Morgan fingerprint density at radius 2 is 1.62 bits per heavy atom. The topological polar surface area (TPSA) is 95.6 Å². The molecule has 0 radical (unpaired) electrons. The molecule has 0 spiro atoms. The fourth-order valence-corrected chi connectivity index (χ4v) is 4.20. The number of benzene rings is 1. The van der Waals surface area contributed by atoms with E-state index in [2.05, 4.69) is 10.6 Å². The van der Waals surface area contributed by atoms with Gasteiger partial charge in [0.05, 0.1) is 4.90 Å². The normalized spacial score (nSPS) is 15.2. The van der Waals surface area contributed by atoms with Crippen LogP contribution in [0.1, 0.15) is 32.3 Å². The highest BCUT2D eigenvalue weighted by Crippen LogP contribution is 2.21. The van der Waals surface area contributed by atoms with Gasteiger partial charge in [0, 0.05) is 26.2 Å². The molecule has 1 aliphatic rings. The number of sulfonamides is 1. The molecule has 144 valence electrons. The van der Waals surface area contributed by atoms with Gasteiger partial charge in [-0.05, 0) is 42.9 Å². The highest BCUT2D eigenvalue weighted by molar-refractivity contribution is 7.89. The molecule has 1 aromatic rings. The minimum absolute atomic E-state index is 0.280. The van der Waals surface area contributed by atoms with Crippen molar-refractivity contribution in [3.05, 3.63) is 29.8 Å². The zero-order valence-electron chi connectivity index (χ0n) is 15.3. The van der Waals surface area contributed by atoms with Gasteiger partial charge in [0.15, 0.2) is 0 Å². The first-order valence-electron chi connectivity index (χ1n) is 8.96. The predicted octanol–water partition coefficient (Wildman–Crippen LogP) is 0.902. The van der Waals surface area contributed by atoms with Crippen molar-refractivity contribution in [3.8, 4) is 0 Å². The van der Waals surface area contributed by atoms with Gasteiger partial charge in [0.25, 0.3) is 0 Å². The molecule has 8 heteroatoms. The Balaban J connectivity index is 1.82. The number of hydrogen-bond acceptors (Lipinski definition) is 4. The van der Waals surface area contributed by atoms with Crippen molar-refractivity contribution >= 4 is 21.8 Å². The number of carbonyl (C=O) groups is 2. The largest absolute Gasteiger partial charge is 0.348 e. The zero-order valence-corrected chi connectivity index (χ0v) is 16.1. The second kappa shape index (κ2) is 9.14. The van der Waals surface area contributed by atoms with Crippen molar-refractivity contribution in [1.29, 1.82) is 0 Å². The van der Waals surface area contributed by atoms with Crippen LogP contribution in [0.5, 0.6) is 0 Å². The van der Waals surface area contributed by atoms with Gasteiger partial charge >= 0.3 is 11.8 Å². The molecule has 1 aromatic carbocycles. The van der Waals surface area contributed by atoms with Crippen LogP contribution < -0.4 is 10.6 Å². The van der Waals surface area contributed by atoms with Crippen LogP contribution in [0.4, 0.5) is 0 Å². The molecule has 0 saturated carbocycles. The average Bonchev–Trinajstić information content (AvgIpc) is 3.15. The van der Waals surface area contributed by atoms with Gasteiger partial charge in [-0.2, -0.15) is 4.31 Å². The molecule has 1 heterocycles. The third-order valence-corrected chi connectivity index (χ3v) is 6.12. The minimum atomic E-state index is -3.40. The molecule has 0 aliphatic carbocycles. The first kappa shape index (κ1) is 20.4. The van der Waals surface area contributed by atoms with Gasteiger partial charge in [0.2, 0.25) is 10.0 Å². The van der Waals surface area contributed by atoms with Crippen LogP contribution in [0.25, 0.3) is 0 Å². The third-order valence-electron chi connectivity index (χ3n) is 4.20. The number of amides is 2. The Labute approximate surface area is 155 Å². The van der Waals surface area contributed by atoms with Gasteiger partial charge in [0.1, 0.15) is 0 Å². The van der Waals surface area contributed by atoms with Gasteiger partial charge in [-0.3, -0.25) is 9.59 Å². The van der Waals surface area contributed by atoms with E-state index < -0.39 is 21.8 Å². The van der Waals surface area contributed by atoms with E-state index in [1.807, 2.05) is 13.8 Å². The second-order valence-electron chi connectivity index (χ2n) is 6.86. The summed E-state index contributed by atoms with van der Waals surface area (Å²) in [6.45, 7) is 5.83. The Morgan fingerprint density at radius 1 is 1.04 bits per heavy atom. The van der Waals surface area contributed by atoms with Crippen LogP contribution in [-0.2, 0) is 26.0 Å². The third kappa shape index (κ3) is 5.54. The molecule has 0 unspecified atom stereocenters. The van der Waals surface area contributed by atoms with Crippen molar-refractivity contribution in [2.75, 3.05) is 26.2 Å². The molecule has 0 bridgehead atoms. The van der Waals surface area contributed by atoms with Crippen LogP contribution in [0.15, 0.2) is 29.2 Å². The number of nitrogens with zero attached hydrogens (tertiary/aromatic N) is 1. The summed E-state index contributed by atoms with van der Waals surface area (Å²) in [5.41, 5.74) is 0.897. The van der Waals surface area contributed by atoms with E-state index in [9.17, 15) is 18.0 Å². The Morgan fingerprint density at radius 3 is 2.19 bits per heavy atom. The fraction of sp³-hybridized carbons (Fsp3) is 0.556. The number of nitrogens with one attached hydrogen (secondary N) is 2. The van der Waals surface area contributed by atoms with E-state index >= 15 is 0 Å². The lowest BCUT2D eigenvalue weighted by Crippen LogP contribution is -2.41. The first-order chi connectivity index (χ1) is 12.3. The molecule has 26 heavy (non-hydrogen) atoms. The molecule has 1 saturated heterocycles. The van der Waals surface area contributed by atoms with E-state index in [1.165, 1.54) is 4.31 Å². The Bertz CT molecular complexity index is 723. The molecular weight excluding hydrogens is 354 g/mol. The van der Waals surface area contributed by atoms with Crippen molar-refractivity contribution in [1.82, 2.24) is 14.9 Å². The van der Waals surface area contributed by atoms with Crippen molar-refractivity contribution in [2.45, 2.75) is 38.0 Å². The van der Waals surface area contributed by atoms with E-state index in [4.69, 9.17) is 0 Å². The molecule has 0 atom stereocenters. The summed E-state index contributed by atoms with van der Waals surface area (Å²) in [4.78, 5) is 23.5. The van der Waals surface area contributed by atoms with Crippen LogP contribution in [0.3, 0.4) is 0 Å². The summed E-state index contributed by atoms with van der Waals surface area (Å²) in [5.74, 6) is -1.01.